The van der Waals surface area contributed by atoms with Crippen molar-refractivity contribution in [3.05, 3.63) is 83.6 Å². The van der Waals surface area contributed by atoms with Crippen LogP contribution >= 0.6 is 0 Å². The Morgan fingerprint density at radius 1 is 0.814 bits per heavy atom. The molecule has 2 heterocycles. The lowest BCUT2D eigenvalue weighted by molar-refractivity contribution is -0.428. The van der Waals surface area contributed by atoms with Crippen LogP contribution in [0.4, 0.5) is 11.4 Å². The molecular formula is C29H31N2O10S2+. The van der Waals surface area contributed by atoms with Crippen molar-refractivity contribution in [1.82, 2.24) is 0 Å². The molecule has 0 aromatic heterocycles. The Labute approximate surface area is 249 Å². The second kappa shape index (κ2) is 10.9. The summed E-state index contributed by atoms with van der Waals surface area (Å²) in [5.74, 6) is -2.21. The molecule has 2 aliphatic rings. The van der Waals surface area contributed by atoms with Gasteiger partial charge in [0, 0.05) is 34.5 Å². The van der Waals surface area contributed by atoms with Crippen molar-refractivity contribution in [2.24, 2.45) is 0 Å². The topological polar surface area (TPSA) is 190 Å². The molecule has 14 heteroatoms. The van der Waals surface area contributed by atoms with Gasteiger partial charge in [-0.05, 0) is 55.8 Å². The van der Waals surface area contributed by atoms with E-state index in [0.717, 1.165) is 0 Å². The van der Waals surface area contributed by atoms with Crippen LogP contribution < -0.4 is 4.90 Å². The molecule has 4 rings (SSSR count). The molecule has 0 radical (unpaired) electrons. The van der Waals surface area contributed by atoms with E-state index in [0.29, 0.717) is 33.9 Å². The van der Waals surface area contributed by atoms with E-state index in [2.05, 4.69) is 0 Å². The highest BCUT2D eigenvalue weighted by molar-refractivity contribution is 7.86. The molecule has 228 valence electrons. The first kappa shape index (κ1) is 31.8. The van der Waals surface area contributed by atoms with Crippen molar-refractivity contribution >= 4 is 49.3 Å². The highest BCUT2D eigenvalue weighted by Crippen LogP contribution is 2.48. The Balaban J connectivity index is 1.71. The van der Waals surface area contributed by atoms with E-state index < -0.39 is 56.1 Å². The molecular weight excluding hydrogens is 600 g/mol. The molecule has 12 nitrogen and oxygen atoms in total. The van der Waals surface area contributed by atoms with Gasteiger partial charge >= 0.3 is 11.9 Å². The van der Waals surface area contributed by atoms with Crippen LogP contribution in [0.5, 0.6) is 0 Å². The smallest absolute Gasteiger partial charge is 0.370 e. The number of carbonyl (C=O) groups is 2. The molecule has 2 aromatic carbocycles. The van der Waals surface area contributed by atoms with Crippen molar-refractivity contribution < 1.29 is 50.3 Å². The number of hydrogen-bond donors (Lipinski definition) is 4. The van der Waals surface area contributed by atoms with Crippen LogP contribution in [0, 0.1) is 0 Å². The largest absolute Gasteiger partial charge is 0.480 e. The Morgan fingerprint density at radius 2 is 1.40 bits per heavy atom. The van der Waals surface area contributed by atoms with Crippen molar-refractivity contribution in [3.8, 4) is 0 Å². The molecule has 2 aromatic rings. The molecule has 0 spiro atoms. The molecule has 0 bridgehead atoms. The second-order valence-corrected chi connectivity index (χ2v) is 14.0. The van der Waals surface area contributed by atoms with Gasteiger partial charge in [0.25, 0.3) is 20.2 Å². The fourth-order valence-electron chi connectivity index (χ4n) is 5.60. The fraction of sp³-hybridized carbons (Fsp3) is 0.276. The van der Waals surface area contributed by atoms with Crippen LogP contribution in [0.1, 0.15) is 38.8 Å². The van der Waals surface area contributed by atoms with E-state index in [1.165, 1.54) is 36.4 Å². The van der Waals surface area contributed by atoms with Gasteiger partial charge in [0.05, 0.1) is 15.2 Å². The van der Waals surface area contributed by atoms with Crippen molar-refractivity contribution in [3.63, 3.8) is 0 Å². The third-order valence-corrected chi connectivity index (χ3v) is 9.34. The summed E-state index contributed by atoms with van der Waals surface area (Å²) in [4.78, 5) is 24.3. The highest BCUT2D eigenvalue weighted by Gasteiger charge is 2.46. The zero-order valence-electron chi connectivity index (χ0n) is 23.7. The van der Waals surface area contributed by atoms with E-state index in [1.54, 1.807) is 67.6 Å². The number of benzene rings is 2. The van der Waals surface area contributed by atoms with Gasteiger partial charge in [-0.15, -0.1) is 0 Å². The lowest BCUT2D eigenvalue weighted by atomic mass is 9.81. The van der Waals surface area contributed by atoms with Crippen LogP contribution in [0.3, 0.4) is 0 Å². The lowest BCUT2D eigenvalue weighted by Crippen LogP contribution is -2.30. The molecule has 0 amide bonds. The minimum atomic E-state index is -4.48. The van der Waals surface area contributed by atoms with Crippen LogP contribution in [0.2, 0.25) is 0 Å². The van der Waals surface area contributed by atoms with E-state index in [4.69, 9.17) is 0 Å². The number of hydrogen-bond acceptors (Lipinski definition) is 7. The normalized spacial score (nSPS) is 18.6. The van der Waals surface area contributed by atoms with Crippen molar-refractivity contribution in [2.75, 3.05) is 18.0 Å². The zero-order valence-corrected chi connectivity index (χ0v) is 25.3. The SMILES string of the molecule is CC1(C)C(/C=C/C=C/C=C2/N(CC(=O)O)c3ccc(S(=O)(=O)O)cc3C2(C)C)=[N+](CC(=O)O)c2ccc(S(=O)(=O)O)cc21. The number of fused-ring (bicyclic) bond motifs is 2. The van der Waals surface area contributed by atoms with Gasteiger partial charge in [-0.2, -0.15) is 21.4 Å². The average Bonchev–Trinajstić information content (AvgIpc) is 3.20. The summed E-state index contributed by atoms with van der Waals surface area (Å²) in [5, 5.41) is 19.1. The Bertz CT molecular complexity index is 1880. The Hall–Kier alpha value is -4.11. The molecule has 0 saturated carbocycles. The first-order chi connectivity index (χ1) is 19.8. The standard InChI is InChI=1S/C29H30N2O10S2/c1-28(2)20-14-18(42(36,37)38)10-12-22(20)30(16-26(32)33)24(28)8-6-5-7-9-25-29(3,4)21-15-19(43(39,40)41)11-13-23(21)31(25)17-27(34)35/h5-15H,16-17H2,1-4H3,(H3-,32,33,34,35,36,37,38,39,40,41)/p+1. The summed E-state index contributed by atoms with van der Waals surface area (Å²) in [7, 11) is -8.96. The van der Waals surface area contributed by atoms with Gasteiger partial charge < -0.3 is 15.1 Å². The predicted octanol–water partition coefficient (Wildman–Crippen LogP) is 3.52. The predicted molar refractivity (Wildman–Crippen MR) is 157 cm³/mol. The summed E-state index contributed by atoms with van der Waals surface area (Å²) >= 11 is 0. The minimum Gasteiger partial charge on any atom is -0.480 e. The third-order valence-electron chi connectivity index (χ3n) is 7.64. The van der Waals surface area contributed by atoms with Crippen LogP contribution in [-0.2, 0) is 40.7 Å². The molecule has 0 atom stereocenters. The summed E-state index contributed by atoms with van der Waals surface area (Å²) in [6, 6.07) is 7.97. The highest BCUT2D eigenvalue weighted by atomic mass is 32.2. The van der Waals surface area contributed by atoms with Crippen LogP contribution in [0.25, 0.3) is 0 Å². The minimum absolute atomic E-state index is 0.304. The quantitative estimate of drug-likeness (QED) is 0.180. The number of rotatable bonds is 9. The molecule has 4 N–H and O–H groups in total. The van der Waals surface area contributed by atoms with Crippen LogP contribution in [-0.4, -0.2) is 71.5 Å². The molecule has 2 aliphatic heterocycles. The maximum Gasteiger partial charge on any atom is 0.370 e. The maximum absolute atomic E-state index is 11.7. The van der Waals surface area contributed by atoms with Crippen molar-refractivity contribution in [2.45, 2.75) is 48.3 Å². The van der Waals surface area contributed by atoms with Gasteiger partial charge in [-0.25, -0.2) is 4.79 Å². The number of nitrogens with zero attached hydrogens (tertiary/aromatic N) is 2. The Morgan fingerprint density at radius 3 is 1.95 bits per heavy atom. The average molecular weight is 632 g/mol. The molecule has 0 saturated heterocycles. The van der Waals surface area contributed by atoms with Gasteiger partial charge in [-0.1, -0.05) is 32.1 Å². The summed E-state index contributed by atoms with van der Waals surface area (Å²) in [6.45, 7) is 6.42. The zero-order chi connectivity index (χ0) is 32.1. The monoisotopic (exact) mass is 631 g/mol. The number of carboxylic acid groups (broad SMARTS) is 2. The summed E-state index contributed by atoms with van der Waals surface area (Å²) in [6.07, 6.45) is 8.35. The number of carboxylic acids is 2. The fourth-order valence-corrected chi connectivity index (χ4v) is 6.61. The lowest BCUT2D eigenvalue weighted by Gasteiger charge is -2.25. The third kappa shape index (κ3) is 6.04. The summed E-state index contributed by atoms with van der Waals surface area (Å²) < 4.78 is 67.5. The number of aliphatic carboxylic acids is 2. The number of allylic oxidation sites excluding steroid dienone is 6. The number of anilines is 1. The molecule has 43 heavy (non-hydrogen) atoms. The van der Waals surface area contributed by atoms with E-state index in [1.807, 2.05) is 0 Å². The van der Waals surface area contributed by atoms with Crippen LogP contribution in [0.15, 0.2) is 82.3 Å². The van der Waals surface area contributed by atoms with E-state index in [9.17, 15) is 45.7 Å². The molecule has 0 fully saturated rings. The Kier molecular flexibility index (Phi) is 8.04. The van der Waals surface area contributed by atoms with Gasteiger partial charge in [0.1, 0.15) is 6.54 Å². The maximum atomic E-state index is 11.7. The van der Waals surface area contributed by atoms with Crippen molar-refractivity contribution in [1.29, 1.82) is 0 Å². The second-order valence-electron chi connectivity index (χ2n) is 11.2. The first-order valence-corrected chi connectivity index (χ1v) is 15.8. The van der Waals surface area contributed by atoms with Gasteiger partial charge in [-0.3, -0.25) is 13.9 Å². The van der Waals surface area contributed by atoms with Gasteiger partial charge in [0.15, 0.2) is 5.71 Å². The molecule has 0 aliphatic carbocycles. The van der Waals surface area contributed by atoms with E-state index >= 15 is 0 Å². The van der Waals surface area contributed by atoms with E-state index in [-0.39, 0.29) is 9.79 Å². The first-order valence-electron chi connectivity index (χ1n) is 12.9. The van der Waals surface area contributed by atoms with Gasteiger partial charge in [0.2, 0.25) is 12.2 Å². The summed E-state index contributed by atoms with van der Waals surface area (Å²) in [5.41, 5.74) is 1.50. The molecule has 0 unspecified atom stereocenters.